The Kier molecular flexibility index (Phi) is 7.87. The molecule has 0 saturated heterocycles. The van der Waals surface area contributed by atoms with Crippen LogP contribution in [0.5, 0.6) is 5.75 Å². The Morgan fingerprint density at radius 1 is 1.14 bits per heavy atom. The summed E-state index contributed by atoms with van der Waals surface area (Å²) in [7, 11) is 3.05. The summed E-state index contributed by atoms with van der Waals surface area (Å²) in [5.41, 5.74) is 9.59. The molecule has 0 atom stereocenters. The lowest BCUT2D eigenvalue weighted by Gasteiger charge is -2.13. The number of thiazole rings is 1. The molecular weight excluding hydrogens is 528 g/mol. The number of H-pyrrole nitrogens is 1. The van der Waals surface area contributed by atoms with Crippen molar-refractivity contribution in [2.75, 3.05) is 19.6 Å². The molecule has 0 unspecified atom stereocenters. The number of methoxy groups -OCH3 is 2. The van der Waals surface area contributed by atoms with Gasteiger partial charge in [0.1, 0.15) is 5.75 Å². The molecular formula is C26H26BrN4O3S-. The molecule has 9 heteroatoms. The van der Waals surface area contributed by atoms with Gasteiger partial charge in [0.25, 0.3) is 0 Å². The number of para-hydroxylation sites is 1. The third kappa shape index (κ3) is 5.26. The van der Waals surface area contributed by atoms with Crippen LogP contribution in [0.15, 0.2) is 53.6 Å². The third-order valence-corrected chi connectivity index (χ3v) is 7.09. The van der Waals surface area contributed by atoms with Crippen molar-refractivity contribution < 1.29 is 31.2 Å². The molecule has 0 saturated carbocycles. The summed E-state index contributed by atoms with van der Waals surface area (Å²) < 4.78 is 10.1. The van der Waals surface area contributed by atoms with Gasteiger partial charge in [0.2, 0.25) is 5.13 Å². The van der Waals surface area contributed by atoms with Crippen LogP contribution in [0, 0.1) is 0 Å². The number of hydrogen-bond donors (Lipinski definition) is 2. The zero-order valence-electron chi connectivity index (χ0n) is 19.6. The predicted octanol–water partition coefficient (Wildman–Crippen LogP) is 2.56. The normalized spacial score (nSPS) is 13.8. The van der Waals surface area contributed by atoms with E-state index in [2.05, 4.69) is 28.6 Å². The van der Waals surface area contributed by atoms with E-state index in [1.165, 1.54) is 29.4 Å². The first kappa shape index (κ1) is 24.9. The largest absolute Gasteiger partial charge is 1.00 e. The van der Waals surface area contributed by atoms with Crippen molar-refractivity contribution in [1.82, 2.24) is 9.97 Å². The van der Waals surface area contributed by atoms with E-state index < -0.39 is 0 Å². The number of ether oxygens (including phenoxy) is 2. The molecule has 2 aromatic carbocycles. The van der Waals surface area contributed by atoms with Gasteiger partial charge in [-0.15, -0.1) is 0 Å². The molecule has 0 spiro atoms. The zero-order valence-corrected chi connectivity index (χ0v) is 22.0. The number of carbonyl (C=O) groups is 1. The van der Waals surface area contributed by atoms with Gasteiger partial charge in [0, 0.05) is 21.3 Å². The quantitative estimate of drug-likeness (QED) is 0.271. The number of nitrogens with one attached hydrogen (secondary N) is 2. The second-order valence-corrected chi connectivity index (χ2v) is 9.23. The van der Waals surface area contributed by atoms with Crippen LogP contribution in [0.2, 0.25) is 0 Å². The fourth-order valence-electron chi connectivity index (χ4n) is 4.35. The Morgan fingerprint density at radius 2 is 1.94 bits per heavy atom. The van der Waals surface area contributed by atoms with E-state index >= 15 is 0 Å². The summed E-state index contributed by atoms with van der Waals surface area (Å²) in [5.74, 6) is 0.545. The Bertz CT molecular complexity index is 1360. The number of rotatable bonds is 7. The summed E-state index contributed by atoms with van der Waals surface area (Å²) in [6.45, 7) is 0. The first-order valence-electron chi connectivity index (χ1n) is 11.3. The minimum atomic E-state index is -0.239. The molecule has 0 radical (unpaired) electrons. The number of carbonyl (C=O) groups excluding carboxylic acids is 1. The maximum absolute atomic E-state index is 11.8. The van der Waals surface area contributed by atoms with E-state index in [0.717, 1.165) is 58.1 Å². The fraction of sp³-hybridized carbons (Fsp3) is 0.269. The number of aryl methyl sites for hydroxylation is 2. The second kappa shape index (κ2) is 11.0. The molecule has 1 aliphatic carbocycles. The SMILES string of the molecule is COC(=O)CCc1sc(N/N=C2/CCCc3c2[nH]c2ccccc32)nc1-c1ccc(OC)cc1.[Br-]. The van der Waals surface area contributed by atoms with Crippen molar-refractivity contribution in [1.29, 1.82) is 0 Å². The van der Waals surface area contributed by atoms with E-state index in [9.17, 15) is 4.79 Å². The van der Waals surface area contributed by atoms with Crippen molar-refractivity contribution in [3.8, 4) is 17.0 Å². The summed E-state index contributed by atoms with van der Waals surface area (Å²) in [4.78, 5) is 21.1. The van der Waals surface area contributed by atoms with Gasteiger partial charge in [-0.05, 0) is 61.6 Å². The lowest BCUT2D eigenvalue weighted by Crippen LogP contribution is -3.00. The number of esters is 1. The van der Waals surface area contributed by atoms with Crippen LogP contribution in [0.4, 0.5) is 5.13 Å². The topological polar surface area (TPSA) is 88.6 Å². The summed E-state index contributed by atoms with van der Waals surface area (Å²) >= 11 is 1.51. The number of aromatic amines is 1. The van der Waals surface area contributed by atoms with Gasteiger partial charge < -0.3 is 31.4 Å². The maximum Gasteiger partial charge on any atom is 0.305 e. The molecule has 5 rings (SSSR count). The van der Waals surface area contributed by atoms with E-state index in [1.807, 2.05) is 30.3 Å². The number of anilines is 1. The Morgan fingerprint density at radius 3 is 2.71 bits per heavy atom. The molecule has 0 fully saturated rings. The van der Waals surface area contributed by atoms with Crippen molar-refractivity contribution in [2.45, 2.75) is 32.1 Å². The van der Waals surface area contributed by atoms with Gasteiger partial charge in [0.05, 0.1) is 37.7 Å². The predicted molar refractivity (Wildman–Crippen MR) is 136 cm³/mol. The molecule has 0 aliphatic heterocycles. The molecule has 35 heavy (non-hydrogen) atoms. The number of hydrogen-bond acceptors (Lipinski definition) is 7. The fourth-order valence-corrected chi connectivity index (χ4v) is 5.28. The number of halogens is 1. The van der Waals surface area contributed by atoms with Gasteiger partial charge in [-0.3, -0.25) is 10.2 Å². The van der Waals surface area contributed by atoms with Crippen LogP contribution in [0.1, 0.15) is 35.4 Å². The van der Waals surface area contributed by atoms with Crippen molar-refractivity contribution in [3.05, 3.63) is 64.7 Å². The lowest BCUT2D eigenvalue weighted by atomic mass is 9.94. The minimum Gasteiger partial charge on any atom is -1.00 e. The summed E-state index contributed by atoms with van der Waals surface area (Å²) in [6.07, 6.45) is 3.87. The number of fused-ring (bicyclic) bond motifs is 3. The summed E-state index contributed by atoms with van der Waals surface area (Å²) in [5, 5.41) is 6.71. The summed E-state index contributed by atoms with van der Waals surface area (Å²) in [6, 6.07) is 16.2. The van der Waals surface area contributed by atoms with Crippen LogP contribution >= 0.6 is 11.3 Å². The molecule has 2 aromatic heterocycles. The van der Waals surface area contributed by atoms with E-state index in [0.29, 0.717) is 18.0 Å². The second-order valence-electron chi connectivity index (χ2n) is 8.14. The standard InChI is InChI=1S/C26H26N4O3S.BrH/c1-32-17-12-10-16(11-13-17)24-22(14-15-23(31)33-2)34-26(28-24)30-29-21-9-5-7-19-18-6-3-4-8-20(18)27-25(19)21;/h3-4,6,8,10-13,27H,5,7,9,14-15H2,1-2H3,(H,28,30);1H/p-1/b29-21-;. The first-order chi connectivity index (χ1) is 16.7. The van der Waals surface area contributed by atoms with Gasteiger partial charge in [-0.1, -0.05) is 29.5 Å². The Balaban J connectivity index is 0.00000289. The molecule has 7 nitrogen and oxygen atoms in total. The first-order valence-corrected chi connectivity index (χ1v) is 12.1. The van der Waals surface area contributed by atoms with E-state index in [-0.39, 0.29) is 23.0 Å². The van der Waals surface area contributed by atoms with Crippen LogP contribution < -0.4 is 27.1 Å². The maximum atomic E-state index is 11.8. The van der Waals surface area contributed by atoms with Crippen LogP contribution in [-0.2, 0) is 22.4 Å². The van der Waals surface area contributed by atoms with Gasteiger partial charge in [-0.25, -0.2) is 4.98 Å². The average molecular weight is 554 g/mol. The highest BCUT2D eigenvalue weighted by Gasteiger charge is 2.21. The Labute approximate surface area is 218 Å². The highest BCUT2D eigenvalue weighted by atomic mass is 79.9. The van der Waals surface area contributed by atoms with Gasteiger partial charge in [-0.2, -0.15) is 5.10 Å². The monoisotopic (exact) mass is 553 g/mol. The highest BCUT2D eigenvalue weighted by molar-refractivity contribution is 7.16. The van der Waals surface area contributed by atoms with Crippen molar-refractivity contribution in [3.63, 3.8) is 0 Å². The molecule has 0 bridgehead atoms. The third-order valence-electron chi connectivity index (χ3n) is 6.07. The van der Waals surface area contributed by atoms with Crippen molar-refractivity contribution >= 4 is 39.1 Å². The van der Waals surface area contributed by atoms with Crippen LogP contribution in [-0.4, -0.2) is 35.9 Å². The van der Waals surface area contributed by atoms with E-state index in [1.54, 1.807) is 7.11 Å². The molecule has 0 amide bonds. The van der Waals surface area contributed by atoms with Crippen LogP contribution in [0.3, 0.4) is 0 Å². The number of nitrogens with zero attached hydrogens (tertiary/aromatic N) is 2. The Hall–Kier alpha value is -3.17. The molecule has 2 heterocycles. The van der Waals surface area contributed by atoms with Crippen LogP contribution in [0.25, 0.3) is 22.2 Å². The van der Waals surface area contributed by atoms with Crippen molar-refractivity contribution in [2.24, 2.45) is 5.10 Å². The highest BCUT2D eigenvalue weighted by Crippen LogP contribution is 2.34. The molecule has 4 aromatic rings. The molecule has 2 N–H and O–H groups in total. The van der Waals surface area contributed by atoms with Gasteiger partial charge in [0.15, 0.2) is 0 Å². The average Bonchev–Trinajstić information content (AvgIpc) is 3.47. The number of aromatic nitrogens is 2. The zero-order chi connectivity index (χ0) is 23.5. The lowest BCUT2D eigenvalue weighted by molar-refractivity contribution is -0.140. The van der Waals surface area contributed by atoms with E-state index in [4.69, 9.17) is 19.6 Å². The smallest absolute Gasteiger partial charge is 0.305 e. The molecule has 1 aliphatic rings. The minimum absolute atomic E-state index is 0. The number of hydrazone groups is 1. The number of benzene rings is 2. The van der Waals surface area contributed by atoms with Gasteiger partial charge >= 0.3 is 5.97 Å². The molecule has 182 valence electrons.